The van der Waals surface area contributed by atoms with Gasteiger partial charge in [0.25, 0.3) is 5.91 Å². The van der Waals surface area contributed by atoms with E-state index in [0.29, 0.717) is 22.9 Å². The second kappa shape index (κ2) is 9.76. The average Bonchev–Trinajstić information content (AvgIpc) is 3.17. The Labute approximate surface area is 189 Å². The van der Waals surface area contributed by atoms with Gasteiger partial charge in [-0.25, -0.2) is 0 Å². The number of nitrogens with zero attached hydrogens (tertiary/aromatic N) is 4. The SMILES string of the molecule is Cc1nnc(SCc2ccc(C(=O)NCc3ccncc3)cc2)n1-c1cccc(Cl)c1. The van der Waals surface area contributed by atoms with Crippen LogP contribution >= 0.6 is 23.4 Å². The van der Waals surface area contributed by atoms with E-state index in [1.54, 1.807) is 24.2 Å². The number of thioether (sulfide) groups is 1. The van der Waals surface area contributed by atoms with Gasteiger partial charge in [0.05, 0.1) is 5.69 Å². The molecule has 0 spiro atoms. The molecule has 156 valence electrons. The van der Waals surface area contributed by atoms with Crippen molar-refractivity contribution in [2.24, 2.45) is 0 Å². The van der Waals surface area contributed by atoms with Crippen LogP contribution in [0.4, 0.5) is 0 Å². The molecule has 2 heterocycles. The fourth-order valence-corrected chi connectivity index (χ4v) is 4.17. The predicted octanol–water partition coefficient (Wildman–Crippen LogP) is 4.85. The summed E-state index contributed by atoms with van der Waals surface area (Å²) in [6.07, 6.45) is 3.42. The van der Waals surface area contributed by atoms with Gasteiger partial charge in [0.15, 0.2) is 5.16 Å². The first-order chi connectivity index (χ1) is 15.1. The van der Waals surface area contributed by atoms with Crippen molar-refractivity contribution >= 4 is 29.3 Å². The van der Waals surface area contributed by atoms with E-state index in [2.05, 4.69) is 20.5 Å². The van der Waals surface area contributed by atoms with Crippen molar-refractivity contribution in [3.63, 3.8) is 0 Å². The van der Waals surface area contributed by atoms with Crippen molar-refractivity contribution in [2.45, 2.75) is 24.4 Å². The van der Waals surface area contributed by atoms with Gasteiger partial charge in [-0.1, -0.05) is 41.6 Å². The van der Waals surface area contributed by atoms with E-state index in [1.165, 1.54) is 0 Å². The third-order valence-corrected chi connectivity index (χ3v) is 5.88. The third kappa shape index (κ3) is 5.31. The molecule has 2 aromatic carbocycles. The van der Waals surface area contributed by atoms with Gasteiger partial charge in [0, 0.05) is 35.3 Å². The normalized spacial score (nSPS) is 10.8. The van der Waals surface area contributed by atoms with Gasteiger partial charge in [-0.3, -0.25) is 14.3 Å². The van der Waals surface area contributed by atoms with E-state index in [9.17, 15) is 4.79 Å². The van der Waals surface area contributed by atoms with Crippen molar-refractivity contribution < 1.29 is 4.79 Å². The van der Waals surface area contributed by atoms with Crippen molar-refractivity contribution in [1.29, 1.82) is 0 Å². The second-order valence-electron chi connectivity index (χ2n) is 6.87. The summed E-state index contributed by atoms with van der Waals surface area (Å²) in [6.45, 7) is 2.38. The topological polar surface area (TPSA) is 72.7 Å². The van der Waals surface area contributed by atoms with E-state index in [-0.39, 0.29) is 5.91 Å². The molecule has 0 aliphatic carbocycles. The van der Waals surface area contributed by atoms with Crippen LogP contribution in [0.15, 0.2) is 78.2 Å². The van der Waals surface area contributed by atoms with E-state index in [0.717, 1.165) is 27.8 Å². The lowest BCUT2D eigenvalue weighted by Gasteiger charge is -2.09. The molecule has 0 bridgehead atoms. The molecule has 1 amide bonds. The summed E-state index contributed by atoms with van der Waals surface area (Å²) >= 11 is 7.72. The quantitative estimate of drug-likeness (QED) is 0.408. The number of aromatic nitrogens is 4. The number of carbonyl (C=O) groups is 1. The summed E-state index contributed by atoms with van der Waals surface area (Å²) in [4.78, 5) is 16.4. The van der Waals surface area contributed by atoms with E-state index in [1.807, 2.05) is 72.2 Å². The van der Waals surface area contributed by atoms with E-state index in [4.69, 9.17) is 11.6 Å². The number of hydrogen-bond acceptors (Lipinski definition) is 5. The minimum atomic E-state index is -0.104. The lowest BCUT2D eigenvalue weighted by Crippen LogP contribution is -2.22. The molecule has 4 aromatic rings. The van der Waals surface area contributed by atoms with Gasteiger partial charge in [0.1, 0.15) is 5.82 Å². The Bertz CT molecular complexity index is 1180. The number of benzene rings is 2. The zero-order valence-electron chi connectivity index (χ0n) is 16.8. The molecule has 2 aromatic heterocycles. The van der Waals surface area contributed by atoms with Gasteiger partial charge < -0.3 is 5.32 Å². The molecular formula is C23H20ClN5OS. The van der Waals surface area contributed by atoms with Crippen LogP contribution in [0, 0.1) is 6.92 Å². The minimum Gasteiger partial charge on any atom is -0.348 e. The summed E-state index contributed by atoms with van der Waals surface area (Å²) in [5.74, 6) is 1.40. The summed E-state index contributed by atoms with van der Waals surface area (Å²) in [5.41, 5.74) is 3.66. The van der Waals surface area contributed by atoms with Crippen LogP contribution in [0.2, 0.25) is 5.02 Å². The molecule has 0 atom stereocenters. The maximum absolute atomic E-state index is 12.4. The molecule has 0 aliphatic rings. The van der Waals surface area contributed by atoms with Crippen LogP contribution in [0.1, 0.15) is 27.3 Å². The van der Waals surface area contributed by atoms with Gasteiger partial charge in [-0.05, 0) is 60.5 Å². The first-order valence-corrected chi connectivity index (χ1v) is 11.0. The number of amides is 1. The van der Waals surface area contributed by atoms with E-state index < -0.39 is 0 Å². The van der Waals surface area contributed by atoms with Crippen molar-refractivity contribution in [3.05, 3.63) is 101 Å². The second-order valence-corrected chi connectivity index (χ2v) is 8.25. The van der Waals surface area contributed by atoms with Crippen LogP contribution in [0.5, 0.6) is 0 Å². The highest BCUT2D eigenvalue weighted by Gasteiger charge is 2.12. The average molecular weight is 450 g/mol. The third-order valence-electron chi connectivity index (χ3n) is 4.65. The fraction of sp³-hybridized carbons (Fsp3) is 0.130. The fourth-order valence-electron chi connectivity index (χ4n) is 3.03. The summed E-state index contributed by atoms with van der Waals surface area (Å²) < 4.78 is 1.98. The van der Waals surface area contributed by atoms with Crippen molar-refractivity contribution in [1.82, 2.24) is 25.1 Å². The standard InChI is InChI=1S/C23H20ClN5OS/c1-16-27-28-23(29(16)21-4-2-3-20(24)13-21)31-15-18-5-7-19(8-6-18)22(30)26-14-17-9-11-25-12-10-17/h2-13H,14-15H2,1H3,(H,26,30). The molecule has 31 heavy (non-hydrogen) atoms. The number of carbonyl (C=O) groups excluding carboxylic acids is 1. The monoisotopic (exact) mass is 449 g/mol. The van der Waals surface area contributed by atoms with Crippen molar-refractivity contribution in [2.75, 3.05) is 0 Å². The van der Waals surface area contributed by atoms with Gasteiger partial charge >= 0.3 is 0 Å². The minimum absolute atomic E-state index is 0.104. The molecule has 0 saturated carbocycles. The number of rotatable bonds is 7. The largest absolute Gasteiger partial charge is 0.348 e. The summed E-state index contributed by atoms with van der Waals surface area (Å²) in [6, 6.07) is 19.0. The van der Waals surface area contributed by atoms with Crippen molar-refractivity contribution in [3.8, 4) is 5.69 Å². The van der Waals surface area contributed by atoms with Crippen LogP contribution in [0.25, 0.3) is 5.69 Å². The molecule has 8 heteroatoms. The van der Waals surface area contributed by atoms with Crippen LogP contribution in [-0.2, 0) is 12.3 Å². The zero-order chi connectivity index (χ0) is 21.6. The number of halogens is 1. The molecule has 0 aliphatic heterocycles. The number of aryl methyl sites for hydroxylation is 1. The molecule has 4 rings (SSSR count). The Kier molecular flexibility index (Phi) is 6.64. The van der Waals surface area contributed by atoms with Gasteiger partial charge in [0.2, 0.25) is 0 Å². The smallest absolute Gasteiger partial charge is 0.251 e. The van der Waals surface area contributed by atoms with E-state index >= 15 is 0 Å². The van der Waals surface area contributed by atoms with Gasteiger partial charge in [-0.15, -0.1) is 10.2 Å². The molecule has 0 unspecified atom stereocenters. The maximum Gasteiger partial charge on any atom is 0.251 e. The molecule has 0 radical (unpaired) electrons. The zero-order valence-corrected chi connectivity index (χ0v) is 18.4. The molecule has 0 fully saturated rings. The van der Waals surface area contributed by atoms with Crippen LogP contribution < -0.4 is 5.32 Å². The first-order valence-electron chi connectivity index (χ1n) is 9.67. The van der Waals surface area contributed by atoms with Gasteiger partial charge in [-0.2, -0.15) is 0 Å². The maximum atomic E-state index is 12.4. The lowest BCUT2D eigenvalue weighted by atomic mass is 10.1. The molecule has 6 nitrogen and oxygen atoms in total. The number of pyridine rings is 1. The Morgan fingerprint density at radius 1 is 1.03 bits per heavy atom. The Morgan fingerprint density at radius 3 is 2.55 bits per heavy atom. The molecule has 1 N–H and O–H groups in total. The number of hydrogen-bond donors (Lipinski definition) is 1. The summed E-state index contributed by atoms with van der Waals surface area (Å²) in [5, 5.41) is 12.9. The van der Waals surface area contributed by atoms with Crippen LogP contribution in [-0.4, -0.2) is 25.7 Å². The predicted molar refractivity (Wildman–Crippen MR) is 123 cm³/mol. The highest BCUT2D eigenvalue weighted by molar-refractivity contribution is 7.98. The summed E-state index contributed by atoms with van der Waals surface area (Å²) in [7, 11) is 0. The molecule has 0 saturated heterocycles. The van der Waals surface area contributed by atoms with Crippen LogP contribution in [0.3, 0.4) is 0 Å². The Hall–Kier alpha value is -3.16. The Morgan fingerprint density at radius 2 is 1.81 bits per heavy atom. The highest BCUT2D eigenvalue weighted by Crippen LogP contribution is 2.26. The lowest BCUT2D eigenvalue weighted by molar-refractivity contribution is 0.0951. The first kappa shape index (κ1) is 21.1. The molecular weight excluding hydrogens is 430 g/mol. The highest BCUT2D eigenvalue weighted by atomic mass is 35.5. The number of nitrogens with one attached hydrogen (secondary N) is 1. The Balaban J connectivity index is 1.39.